The van der Waals surface area contributed by atoms with E-state index in [-0.39, 0.29) is 18.9 Å². The number of benzene rings is 1. The highest BCUT2D eigenvalue weighted by molar-refractivity contribution is 7.22. The van der Waals surface area contributed by atoms with E-state index >= 15 is 0 Å². The van der Waals surface area contributed by atoms with Gasteiger partial charge in [-0.1, -0.05) is 36.0 Å². The largest absolute Gasteiger partial charge is 0.338 e. The molecule has 2 amide bonds. The third kappa shape index (κ3) is 8.27. The number of aromatic nitrogens is 2. The second-order valence-electron chi connectivity index (χ2n) is 10.6. The number of urea groups is 1. The SMILES string of the molecule is CCNC(=O)Nc1nc2cc(C(/C=C(/C)CC)=C/N=C(C)C)cc(-c3ccc(CN4CCC(F)(F)CC4)cn3)c2s1. The van der Waals surface area contributed by atoms with E-state index in [0.29, 0.717) is 31.3 Å². The maximum Gasteiger partial charge on any atom is 0.321 e. The van der Waals surface area contributed by atoms with E-state index in [1.165, 1.54) is 16.9 Å². The average molecular weight is 581 g/mol. The Morgan fingerprint density at radius 3 is 2.56 bits per heavy atom. The molecule has 1 aliphatic rings. The number of allylic oxidation sites excluding steroid dienone is 3. The normalized spacial score (nSPS) is 16.1. The Kier molecular flexibility index (Phi) is 9.99. The number of carbonyl (C=O) groups is 1. The molecular weight excluding hydrogens is 542 g/mol. The number of pyridine rings is 1. The molecular formula is C31H38F2N6OS. The number of anilines is 1. The van der Waals surface area contributed by atoms with E-state index in [1.807, 2.05) is 56.3 Å². The molecule has 3 heterocycles. The van der Waals surface area contributed by atoms with E-state index in [0.717, 1.165) is 50.3 Å². The van der Waals surface area contributed by atoms with Crippen molar-refractivity contribution in [3.63, 3.8) is 0 Å². The minimum absolute atomic E-state index is 0.106. The highest BCUT2D eigenvalue weighted by Crippen LogP contribution is 2.38. The first-order valence-electron chi connectivity index (χ1n) is 14.0. The van der Waals surface area contributed by atoms with Gasteiger partial charge in [-0.25, -0.2) is 18.6 Å². The summed E-state index contributed by atoms with van der Waals surface area (Å²) in [6.45, 7) is 11.8. The molecule has 1 saturated heterocycles. The Morgan fingerprint density at radius 1 is 1.17 bits per heavy atom. The predicted octanol–water partition coefficient (Wildman–Crippen LogP) is 7.91. The fraction of sp³-hybridized carbons (Fsp3) is 0.419. The molecule has 7 nitrogen and oxygen atoms in total. The monoisotopic (exact) mass is 580 g/mol. The second-order valence-corrected chi connectivity index (χ2v) is 11.6. The topological polar surface area (TPSA) is 82.5 Å². The summed E-state index contributed by atoms with van der Waals surface area (Å²) in [5.74, 6) is -2.56. The van der Waals surface area contributed by atoms with Crippen LogP contribution in [0.3, 0.4) is 0 Å². The summed E-state index contributed by atoms with van der Waals surface area (Å²) in [6.07, 6.45) is 6.53. The lowest BCUT2D eigenvalue weighted by Crippen LogP contribution is -2.38. The van der Waals surface area contributed by atoms with Gasteiger partial charge < -0.3 is 5.32 Å². The van der Waals surface area contributed by atoms with Gasteiger partial charge in [0.25, 0.3) is 5.92 Å². The number of nitrogens with one attached hydrogen (secondary N) is 2. The molecule has 41 heavy (non-hydrogen) atoms. The number of piperidine rings is 1. The highest BCUT2D eigenvalue weighted by atomic mass is 32.1. The molecule has 10 heteroatoms. The summed E-state index contributed by atoms with van der Waals surface area (Å²) >= 11 is 1.40. The van der Waals surface area contributed by atoms with Crippen molar-refractivity contribution in [1.29, 1.82) is 0 Å². The minimum Gasteiger partial charge on any atom is -0.338 e. The van der Waals surface area contributed by atoms with Crippen molar-refractivity contribution in [1.82, 2.24) is 20.2 Å². The van der Waals surface area contributed by atoms with Crippen LogP contribution in [-0.4, -0.2) is 52.2 Å². The second kappa shape index (κ2) is 13.4. The van der Waals surface area contributed by atoms with Gasteiger partial charge in [0.2, 0.25) is 0 Å². The molecule has 1 aromatic carbocycles. The number of aliphatic imine (C=N–C) groups is 1. The fourth-order valence-electron chi connectivity index (χ4n) is 4.48. The van der Waals surface area contributed by atoms with E-state index in [1.54, 1.807) is 0 Å². The average Bonchev–Trinajstić information content (AvgIpc) is 3.34. The molecule has 3 aromatic rings. The molecule has 1 aliphatic heterocycles. The van der Waals surface area contributed by atoms with E-state index in [4.69, 9.17) is 9.97 Å². The summed E-state index contributed by atoms with van der Waals surface area (Å²) in [6, 6.07) is 7.78. The third-order valence-electron chi connectivity index (χ3n) is 6.90. The number of nitrogens with zero attached hydrogens (tertiary/aromatic N) is 4. The number of hydrogen-bond donors (Lipinski definition) is 2. The van der Waals surface area contributed by atoms with Crippen molar-refractivity contribution < 1.29 is 13.6 Å². The van der Waals surface area contributed by atoms with Crippen molar-refractivity contribution >= 4 is 44.0 Å². The molecule has 0 saturated carbocycles. The number of halogens is 2. The Bertz CT molecular complexity index is 1460. The number of hydrogen-bond acceptors (Lipinski definition) is 6. The van der Waals surface area contributed by atoms with Gasteiger partial charge in [-0.2, -0.15) is 0 Å². The zero-order chi connectivity index (χ0) is 29.6. The molecule has 0 spiro atoms. The van der Waals surface area contributed by atoms with E-state index in [2.05, 4.69) is 41.6 Å². The van der Waals surface area contributed by atoms with Crippen LogP contribution in [-0.2, 0) is 6.54 Å². The van der Waals surface area contributed by atoms with Crippen LogP contribution in [0.15, 0.2) is 53.3 Å². The molecule has 0 unspecified atom stereocenters. The molecule has 0 bridgehead atoms. The summed E-state index contributed by atoms with van der Waals surface area (Å²) in [4.78, 5) is 28.4. The number of alkyl halides is 2. The van der Waals surface area contributed by atoms with Crippen LogP contribution in [0.2, 0.25) is 0 Å². The van der Waals surface area contributed by atoms with Crippen molar-refractivity contribution in [2.75, 3.05) is 25.0 Å². The lowest BCUT2D eigenvalue weighted by Gasteiger charge is -2.31. The first kappa shape index (κ1) is 30.5. The predicted molar refractivity (Wildman–Crippen MR) is 166 cm³/mol. The number of amides is 2. The summed E-state index contributed by atoms with van der Waals surface area (Å²) in [5, 5.41) is 6.07. The van der Waals surface area contributed by atoms with Gasteiger partial charge in [0.1, 0.15) is 0 Å². The van der Waals surface area contributed by atoms with Gasteiger partial charge in [0.05, 0.1) is 15.9 Å². The van der Waals surface area contributed by atoms with Gasteiger partial charge >= 0.3 is 6.03 Å². The van der Waals surface area contributed by atoms with Gasteiger partial charge in [-0.3, -0.25) is 20.2 Å². The quantitative estimate of drug-likeness (QED) is 0.199. The number of thiazole rings is 1. The Labute approximate surface area is 244 Å². The van der Waals surface area contributed by atoms with Crippen LogP contribution in [0.25, 0.3) is 27.0 Å². The first-order chi connectivity index (χ1) is 19.6. The van der Waals surface area contributed by atoms with Crippen LogP contribution in [0.4, 0.5) is 18.7 Å². The van der Waals surface area contributed by atoms with Crippen LogP contribution < -0.4 is 10.6 Å². The van der Waals surface area contributed by atoms with E-state index < -0.39 is 5.92 Å². The molecule has 4 rings (SSSR count). The Morgan fingerprint density at radius 2 is 1.93 bits per heavy atom. The number of likely N-dealkylation sites (tertiary alicyclic amines) is 1. The molecule has 0 aliphatic carbocycles. The zero-order valence-electron chi connectivity index (χ0n) is 24.4. The van der Waals surface area contributed by atoms with Gasteiger partial charge in [0, 0.05) is 62.7 Å². The van der Waals surface area contributed by atoms with Crippen molar-refractivity contribution in [3.8, 4) is 11.3 Å². The molecule has 2 aromatic heterocycles. The highest BCUT2D eigenvalue weighted by Gasteiger charge is 2.33. The zero-order valence-corrected chi connectivity index (χ0v) is 25.2. The molecule has 218 valence electrons. The lowest BCUT2D eigenvalue weighted by atomic mass is 9.99. The minimum atomic E-state index is -2.56. The molecule has 2 N–H and O–H groups in total. The summed E-state index contributed by atoms with van der Waals surface area (Å²) in [7, 11) is 0. The third-order valence-corrected chi connectivity index (χ3v) is 7.92. The van der Waals surface area contributed by atoms with Crippen molar-refractivity contribution in [3.05, 3.63) is 59.4 Å². The Hall–Kier alpha value is -3.50. The van der Waals surface area contributed by atoms with Gasteiger partial charge in [0.15, 0.2) is 5.13 Å². The van der Waals surface area contributed by atoms with Gasteiger partial charge in [-0.15, -0.1) is 0 Å². The van der Waals surface area contributed by atoms with Gasteiger partial charge in [-0.05, 0) is 69.0 Å². The van der Waals surface area contributed by atoms with Crippen LogP contribution in [0.5, 0.6) is 0 Å². The summed E-state index contributed by atoms with van der Waals surface area (Å²) in [5.41, 5.74) is 7.46. The first-order valence-corrected chi connectivity index (χ1v) is 14.8. The smallest absolute Gasteiger partial charge is 0.321 e. The van der Waals surface area contributed by atoms with Crippen molar-refractivity contribution in [2.24, 2.45) is 4.99 Å². The van der Waals surface area contributed by atoms with Crippen LogP contribution >= 0.6 is 11.3 Å². The number of carbonyl (C=O) groups excluding carboxylic acids is 1. The lowest BCUT2D eigenvalue weighted by molar-refractivity contribution is -0.0566. The molecule has 0 atom stereocenters. The van der Waals surface area contributed by atoms with Crippen molar-refractivity contribution in [2.45, 2.75) is 66.3 Å². The fourth-order valence-corrected chi connectivity index (χ4v) is 5.44. The number of fused-ring (bicyclic) bond motifs is 1. The van der Waals surface area contributed by atoms with Crippen LogP contribution in [0, 0.1) is 0 Å². The molecule has 1 fully saturated rings. The molecule has 0 radical (unpaired) electrons. The maximum absolute atomic E-state index is 13.6. The van der Waals surface area contributed by atoms with Crippen LogP contribution in [0.1, 0.15) is 65.0 Å². The summed E-state index contributed by atoms with van der Waals surface area (Å²) < 4.78 is 28.1. The Balaban J connectivity index is 1.74. The maximum atomic E-state index is 13.6. The standard InChI is InChI=1S/C31H38F2N6OS/c1-6-21(5)14-24(18-35-20(3)4)23-15-25(28-27(16-23)37-30(41-28)38-29(40)34-7-2)26-9-8-22(17-36-26)19-39-12-10-31(32,33)11-13-39/h8-9,14-18H,6-7,10-13,19H2,1-5H3,(H2,34,37,38,40)/b21-14-,24-18+. The number of rotatable bonds is 9. The van der Waals surface area contributed by atoms with E-state index in [9.17, 15) is 13.6 Å².